The highest BCUT2D eigenvalue weighted by molar-refractivity contribution is 5.89. The van der Waals surface area contributed by atoms with Crippen LogP contribution in [0.25, 0.3) is 0 Å². The van der Waals surface area contributed by atoms with Crippen LogP contribution in [0.1, 0.15) is 61.4 Å². The Morgan fingerprint density at radius 1 is 0.440 bits per heavy atom. The molecule has 0 N–H and O–H groups in total. The van der Waals surface area contributed by atoms with Crippen molar-refractivity contribution in [2.24, 2.45) is 0 Å². The van der Waals surface area contributed by atoms with Crippen LogP contribution in [0.15, 0.2) is 54.6 Å². The molecule has 0 aliphatic rings. The highest BCUT2D eigenvalue weighted by Crippen LogP contribution is 2.15. The number of carbonyl (C=O) groups is 1. The van der Waals surface area contributed by atoms with Crippen molar-refractivity contribution < 1.29 is 52.2 Å². The highest BCUT2D eigenvalue weighted by atomic mass is 16.6. The van der Waals surface area contributed by atoms with E-state index in [0.717, 1.165) is 12.2 Å². The van der Waals surface area contributed by atoms with Gasteiger partial charge in [-0.1, -0.05) is 69.4 Å². The molecule has 0 saturated carbocycles. The molecule has 11 heteroatoms. The normalized spacial score (nSPS) is 11.2. The maximum absolute atomic E-state index is 11.8. The van der Waals surface area contributed by atoms with Crippen LogP contribution in [0.5, 0.6) is 5.75 Å². The molecule has 0 bridgehead atoms. The van der Waals surface area contributed by atoms with Gasteiger partial charge in [-0.05, 0) is 42.7 Å². The van der Waals surface area contributed by atoms with E-state index in [1.54, 1.807) is 24.3 Å². The zero-order valence-electron chi connectivity index (χ0n) is 30.4. The molecule has 0 aliphatic heterocycles. The van der Waals surface area contributed by atoms with Crippen molar-refractivity contribution in [1.82, 2.24) is 0 Å². The maximum atomic E-state index is 11.8. The van der Waals surface area contributed by atoms with Gasteiger partial charge in [-0.2, -0.15) is 0 Å². The van der Waals surface area contributed by atoms with E-state index in [1.165, 1.54) is 44.1 Å². The number of ether oxygens (including phenoxy) is 10. The zero-order valence-corrected chi connectivity index (χ0v) is 30.4. The van der Waals surface area contributed by atoms with Gasteiger partial charge in [0.2, 0.25) is 0 Å². The minimum absolute atomic E-state index is 0.204. The third-order valence-corrected chi connectivity index (χ3v) is 7.31. The number of hydrogen-bond donors (Lipinski definition) is 0. The van der Waals surface area contributed by atoms with Crippen LogP contribution in [-0.2, 0) is 49.1 Å². The van der Waals surface area contributed by atoms with Crippen molar-refractivity contribution in [1.29, 1.82) is 0 Å². The fraction of sp³-hybridized carbons (Fsp3) is 0.667. The molecular formula is C39H62O11. The van der Waals surface area contributed by atoms with Crippen LogP contribution in [0.3, 0.4) is 0 Å². The molecule has 2 aromatic carbocycles. The first kappa shape index (κ1) is 43.6. The van der Waals surface area contributed by atoms with Gasteiger partial charge < -0.3 is 47.4 Å². The van der Waals surface area contributed by atoms with E-state index >= 15 is 0 Å². The first-order valence-electron chi connectivity index (χ1n) is 18.4. The van der Waals surface area contributed by atoms with E-state index < -0.39 is 0 Å². The Bertz CT molecular complexity index is 1010. The molecular weight excluding hydrogens is 644 g/mol. The number of carbonyl (C=O) groups excluding carboxylic acids is 1. The third kappa shape index (κ3) is 26.2. The summed E-state index contributed by atoms with van der Waals surface area (Å²) in [6.45, 7) is 10.7. The number of rotatable bonds is 36. The van der Waals surface area contributed by atoms with Gasteiger partial charge in [-0.15, -0.1) is 0 Å². The van der Waals surface area contributed by atoms with Gasteiger partial charge in [0.25, 0.3) is 0 Å². The summed E-state index contributed by atoms with van der Waals surface area (Å²) in [5.41, 5.74) is 1.90. The van der Waals surface area contributed by atoms with Crippen molar-refractivity contribution in [3.05, 3.63) is 65.7 Å². The summed E-state index contributed by atoms with van der Waals surface area (Å²) < 4.78 is 54.9. The molecule has 50 heavy (non-hydrogen) atoms. The van der Waals surface area contributed by atoms with Gasteiger partial charge in [-0.25, -0.2) is 4.79 Å². The van der Waals surface area contributed by atoms with Crippen molar-refractivity contribution in [3.8, 4) is 5.75 Å². The standard InChI is InChI=1S/C39H62O11/c1-2-3-4-5-6-8-11-36-14-16-38(17-15-36)49-34-32-47-30-28-45-26-24-43-22-20-41-18-19-42-21-23-44-25-27-46-29-31-48-33-35-50-39(40)37-12-9-7-10-13-37/h7,9-10,12-17H,2-6,8,11,18-35H2,1H3. The van der Waals surface area contributed by atoms with Gasteiger partial charge in [0.15, 0.2) is 0 Å². The summed E-state index contributed by atoms with van der Waals surface area (Å²) in [5.74, 6) is 0.528. The molecule has 0 heterocycles. The van der Waals surface area contributed by atoms with E-state index in [9.17, 15) is 4.79 Å². The lowest BCUT2D eigenvalue weighted by Crippen LogP contribution is -2.15. The van der Waals surface area contributed by atoms with E-state index in [1.807, 2.05) is 18.2 Å². The Morgan fingerprint density at radius 3 is 1.30 bits per heavy atom. The zero-order chi connectivity index (χ0) is 35.4. The van der Waals surface area contributed by atoms with E-state index in [0.29, 0.717) is 118 Å². The van der Waals surface area contributed by atoms with Crippen molar-refractivity contribution >= 4 is 5.97 Å². The predicted molar refractivity (Wildman–Crippen MR) is 192 cm³/mol. The molecule has 2 rings (SSSR count). The molecule has 0 atom stereocenters. The van der Waals surface area contributed by atoms with Crippen molar-refractivity contribution in [3.63, 3.8) is 0 Å². The summed E-state index contributed by atoms with van der Waals surface area (Å²) in [6, 6.07) is 17.3. The smallest absolute Gasteiger partial charge is 0.338 e. The second-order valence-corrected chi connectivity index (χ2v) is 11.4. The summed E-state index contributed by atoms with van der Waals surface area (Å²) in [6.07, 6.45) is 9.07. The molecule has 0 fully saturated rings. The minimum atomic E-state index is -0.354. The first-order valence-corrected chi connectivity index (χ1v) is 18.4. The summed E-state index contributed by atoms with van der Waals surface area (Å²) in [5, 5.41) is 0. The molecule has 0 aliphatic carbocycles. The molecule has 11 nitrogen and oxygen atoms in total. The van der Waals surface area contributed by atoms with E-state index in [2.05, 4.69) is 19.1 Å². The van der Waals surface area contributed by atoms with Gasteiger partial charge in [0, 0.05) is 0 Å². The van der Waals surface area contributed by atoms with Crippen LogP contribution in [0.4, 0.5) is 0 Å². The lowest BCUT2D eigenvalue weighted by atomic mass is 10.0. The fourth-order valence-electron chi connectivity index (χ4n) is 4.57. The molecule has 0 saturated heterocycles. The number of benzene rings is 2. The van der Waals surface area contributed by atoms with Crippen LogP contribution >= 0.6 is 0 Å². The second kappa shape index (κ2) is 33.5. The largest absolute Gasteiger partial charge is 0.491 e. The molecule has 0 aromatic heterocycles. The highest BCUT2D eigenvalue weighted by Gasteiger charge is 2.05. The van der Waals surface area contributed by atoms with Crippen LogP contribution < -0.4 is 4.74 Å². The SMILES string of the molecule is CCCCCCCCc1ccc(OCCOCCOCCOCCOCCOCCOCCOCCOCCOC(=O)c2ccccc2)cc1. The lowest BCUT2D eigenvalue weighted by molar-refractivity contribution is -0.0247. The fourth-order valence-corrected chi connectivity index (χ4v) is 4.57. The summed E-state index contributed by atoms with van der Waals surface area (Å²) in [7, 11) is 0. The van der Waals surface area contributed by atoms with Crippen molar-refractivity contribution in [2.75, 3.05) is 119 Å². The molecule has 0 unspecified atom stereocenters. The quantitative estimate of drug-likeness (QED) is 0.0619. The molecule has 0 spiro atoms. The summed E-state index contributed by atoms with van der Waals surface area (Å²) in [4.78, 5) is 11.8. The van der Waals surface area contributed by atoms with Crippen LogP contribution in [-0.4, -0.2) is 125 Å². The third-order valence-electron chi connectivity index (χ3n) is 7.31. The van der Waals surface area contributed by atoms with Gasteiger partial charge in [-0.3, -0.25) is 0 Å². The number of aryl methyl sites for hydroxylation is 1. The first-order chi connectivity index (χ1) is 24.8. The molecule has 2 aromatic rings. The summed E-state index contributed by atoms with van der Waals surface area (Å²) >= 11 is 0. The Balaban J connectivity index is 1.19. The number of hydrogen-bond acceptors (Lipinski definition) is 11. The Labute approximate surface area is 300 Å². The van der Waals surface area contributed by atoms with Crippen molar-refractivity contribution in [2.45, 2.75) is 51.9 Å². The van der Waals surface area contributed by atoms with Gasteiger partial charge in [0.05, 0.1) is 111 Å². The lowest BCUT2D eigenvalue weighted by Gasteiger charge is -2.09. The predicted octanol–water partition coefficient (Wildman–Crippen LogP) is 5.96. The van der Waals surface area contributed by atoms with Crippen LogP contribution in [0, 0.1) is 0 Å². The molecule has 0 radical (unpaired) electrons. The monoisotopic (exact) mass is 706 g/mol. The maximum Gasteiger partial charge on any atom is 0.338 e. The van der Waals surface area contributed by atoms with Gasteiger partial charge >= 0.3 is 5.97 Å². The average molecular weight is 707 g/mol. The average Bonchev–Trinajstić information content (AvgIpc) is 3.15. The Hall–Kier alpha value is -2.61. The Kier molecular flexibility index (Phi) is 29.2. The Morgan fingerprint density at radius 2 is 0.840 bits per heavy atom. The molecule has 0 amide bonds. The topological polar surface area (TPSA) is 109 Å². The van der Waals surface area contributed by atoms with E-state index in [4.69, 9.17) is 47.4 Å². The molecule has 284 valence electrons. The van der Waals surface area contributed by atoms with Crippen LogP contribution in [0.2, 0.25) is 0 Å². The number of unbranched alkanes of at least 4 members (excludes halogenated alkanes) is 5. The second-order valence-electron chi connectivity index (χ2n) is 11.4. The number of esters is 1. The van der Waals surface area contributed by atoms with E-state index in [-0.39, 0.29) is 12.6 Å². The minimum Gasteiger partial charge on any atom is -0.491 e. The van der Waals surface area contributed by atoms with Gasteiger partial charge in [0.1, 0.15) is 19.0 Å².